The van der Waals surface area contributed by atoms with Crippen LogP contribution >= 0.6 is 0 Å². The Hall–Kier alpha value is -3.01. The van der Waals surface area contributed by atoms with Crippen LogP contribution in [-0.4, -0.2) is 68.4 Å². The lowest BCUT2D eigenvalue weighted by Crippen LogP contribution is -2.29. The second-order valence-electron chi connectivity index (χ2n) is 10.9. The summed E-state index contributed by atoms with van der Waals surface area (Å²) in [5, 5.41) is 13.6. The zero-order chi connectivity index (χ0) is 27.5. The Morgan fingerprint density at radius 2 is 1.97 bits per heavy atom. The van der Waals surface area contributed by atoms with Gasteiger partial charge in [-0.15, -0.1) is 5.10 Å². The van der Waals surface area contributed by atoms with Gasteiger partial charge < -0.3 is 19.5 Å². The fourth-order valence-corrected chi connectivity index (χ4v) is 5.81. The summed E-state index contributed by atoms with van der Waals surface area (Å²) in [7, 11) is 3.81. The van der Waals surface area contributed by atoms with E-state index in [-0.39, 0.29) is 11.7 Å². The van der Waals surface area contributed by atoms with Crippen LogP contribution in [0.1, 0.15) is 95.8 Å². The molecule has 1 saturated carbocycles. The first-order valence-electron chi connectivity index (χ1n) is 14.9. The second kappa shape index (κ2) is 12.0. The molecule has 39 heavy (non-hydrogen) atoms. The number of ketones is 1. The molecular weight excluding hydrogens is 494 g/mol. The highest BCUT2D eigenvalue weighted by Crippen LogP contribution is 2.40. The molecule has 3 aliphatic rings. The number of ether oxygens (including phenoxy) is 1. The number of Topliss-reactive ketones (excluding diaryl/α,β-unsaturated/α-hetero) is 1. The lowest BCUT2D eigenvalue weighted by molar-refractivity contribution is -0.121. The molecule has 10 heteroatoms. The van der Waals surface area contributed by atoms with E-state index in [0.29, 0.717) is 41.7 Å². The maximum Gasteiger partial charge on any atom is 0.246 e. The number of carbonyl (C=O) groups excluding carboxylic acids is 1. The summed E-state index contributed by atoms with van der Waals surface area (Å²) in [5.74, 6) is 2.53. The second-order valence-corrected chi connectivity index (χ2v) is 10.9. The summed E-state index contributed by atoms with van der Waals surface area (Å²) < 4.78 is 13.5. The van der Waals surface area contributed by atoms with E-state index in [4.69, 9.17) is 24.3 Å². The minimum atomic E-state index is -0.215. The Kier molecular flexibility index (Phi) is 8.49. The molecule has 10 nitrogen and oxygen atoms in total. The molecule has 0 radical (unpaired) electrons. The van der Waals surface area contributed by atoms with Crippen molar-refractivity contribution in [3.8, 4) is 17.4 Å². The van der Waals surface area contributed by atoms with Crippen LogP contribution in [0.3, 0.4) is 0 Å². The van der Waals surface area contributed by atoms with Crippen molar-refractivity contribution in [2.75, 3.05) is 26.0 Å². The number of aromatic nitrogens is 5. The summed E-state index contributed by atoms with van der Waals surface area (Å²) >= 11 is 0. The number of nitrogens with zero attached hydrogens (tertiary/aromatic N) is 6. The van der Waals surface area contributed by atoms with Gasteiger partial charge in [0.05, 0.1) is 19.6 Å². The molecule has 0 aromatic carbocycles. The highest BCUT2D eigenvalue weighted by atomic mass is 16.5. The van der Waals surface area contributed by atoms with Gasteiger partial charge in [-0.2, -0.15) is 0 Å². The molecule has 0 amide bonds. The van der Waals surface area contributed by atoms with Gasteiger partial charge >= 0.3 is 0 Å². The fraction of sp³-hybridized carbons (Fsp3) is 0.690. The third kappa shape index (κ3) is 5.53. The van der Waals surface area contributed by atoms with Crippen molar-refractivity contribution in [1.29, 1.82) is 0 Å². The zero-order valence-electron chi connectivity index (χ0n) is 24.1. The first kappa shape index (κ1) is 27.6. The molecule has 0 bridgehead atoms. The smallest absolute Gasteiger partial charge is 0.246 e. The summed E-state index contributed by atoms with van der Waals surface area (Å²) in [6, 6.07) is 0.799. The number of fused-ring (bicyclic) bond motifs is 2. The van der Waals surface area contributed by atoms with Crippen LogP contribution in [0.4, 0.5) is 5.82 Å². The quantitative estimate of drug-likeness (QED) is 0.365. The number of nitrogens with one attached hydrogen (secondary N) is 1. The van der Waals surface area contributed by atoms with Crippen molar-refractivity contribution in [2.45, 2.75) is 110 Å². The molecule has 2 unspecified atom stereocenters. The van der Waals surface area contributed by atoms with Crippen LogP contribution in [0, 0.1) is 0 Å². The zero-order valence-corrected chi connectivity index (χ0v) is 24.1. The van der Waals surface area contributed by atoms with Gasteiger partial charge in [0.1, 0.15) is 17.0 Å². The highest BCUT2D eigenvalue weighted by molar-refractivity contribution is 5.93. The number of carbonyl (C=O) groups is 1. The van der Waals surface area contributed by atoms with Crippen molar-refractivity contribution in [3.63, 3.8) is 0 Å². The lowest BCUT2D eigenvalue weighted by atomic mass is 9.83. The lowest BCUT2D eigenvalue weighted by Gasteiger charge is -2.20. The van der Waals surface area contributed by atoms with Gasteiger partial charge in [-0.3, -0.25) is 4.79 Å². The number of methoxy groups -OCH3 is 1. The first-order chi connectivity index (χ1) is 19.1. The monoisotopic (exact) mass is 537 g/mol. The SMILES string of the molecule is CC.CCCCC(=O)C1CCCc2c(-c3nc(NC4CC4)c4c(OC)nn(CC5CCCN5C)c4n3)noc21. The Balaban J connectivity index is 0.00000151. The molecule has 0 spiro atoms. The van der Waals surface area contributed by atoms with Crippen molar-refractivity contribution in [1.82, 2.24) is 29.8 Å². The van der Waals surface area contributed by atoms with Gasteiger partial charge in [-0.05, 0) is 65.0 Å². The standard InChI is InChI=1S/C27H37N7O3.C2H6/c1-4-5-11-20(35)18-9-6-10-19-22(32-37-23(18)19)25-29-24(28-16-12-13-16)21-26(30-25)34(31-27(21)36-3)15-17-8-7-14-33(17)2;1-2/h16-18H,4-15H2,1-3H3,(H,28,29,30);1-2H3. The summed E-state index contributed by atoms with van der Waals surface area (Å²) in [4.78, 5) is 25.3. The van der Waals surface area contributed by atoms with E-state index in [1.54, 1.807) is 7.11 Å². The number of anilines is 1. The van der Waals surface area contributed by atoms with Crippen molar-refractivity contribution in [3.05, 3.63) is 11.3 Å². The van der Waals surface area contributed by atoms with Crippen LogP contribution in [0.5, 0.6) is 5.88 Å². The van der Waals surface area contributed by atoms with Crippen LogP contribution in [-0.2, 0) is 17.8 Å². The third-order valence-electron chi connectivity index (χ3n) is 8.16. The number of hydrogen-bond donors (Lipinski definition) is 1. The van der Waals surface area contributed by atoms with Gasteiger partial charge in [0.2, 0.25) is 5.88 Å². The van der Waals surface area contributed by atoms with Crippen LogP contribution in [0.15, 0.2) is 4.52 Å². The van der Waals surface area contributed by atoms with Crippen LogP contribution in [0.25, 0.3) is 22.6 Å². The van der Waals surface area contributed by atoms with Gasteiger partial charge in [0.25, 0.3) is 0 Å². The number of rotatable bonds is 10. The molecule has 3 aromatic rings. The predicted molar refractivity (Wildman–Crippen MR) is 151 cm³/mol. The molecule has 212 valence electrons. The molecule has 2 aliphatic carbocycles. The average molecular weight is 538 g/mol. The van der Waals surface area contributed by atoms with Crippen molar-refractivity contribution >= 4 is 22.6 Å². The largest absolute Gasteiger partial charge is 0.479 e. The van der Waals surface area contributed by atoms with Crippen molar-refractivity contribution < 1.29 is 14.1 Å². The average Bonchev–Trinajstić information content (AvgIpc) is 3.35. The molecule has 1 N–H and O–H groups in total. The number of likely N-dealkylation sites (tertiary alicyclic amines) is 1. The molecule has 2 fully saturated rings. The van der Waals surface area contributed by atoms with Crippen LogP contribution < -0.4 is 10.1 Å². The molecule has 4 heterocycles. The number of hydrogen-bond acceptors (Lipinski definition) is 9. The molecule has 3 aromatic heterocycles. The topological polar surface area (TPSA) is 111 Å². The third-order valence-corrected chi connectivity index (χ3v) is 8.16. The van der Waals surface area contributed by atoms with E-state index in [1.165, 1.54) is 6.42 Å². The summed E-state index contributed by atoms with van der Waals surface area (Å²) in [5.41, 5.74) is 2.37. The van der Waals surface area contributed by atoms with E-state index in [1.807, 2.05) is 18.5 Å². The van der Waals surface area contributed by atoms with E-state index in [9.17, 15) is 4.79 Å². The first-order valence-corrected chi connectivity index (χ1v) is 14.9. The van der Waals surface area contributed by atoms with E-state index >= 15 is 0 Å². The van der Waals surface area contributed by atoms with Gasteiger partial charge in [-0.1, -0.05) is 32.3 Å². The maximum absolute atomic E-state index is 12.9. The maximum atomic E-state index is 12.9. The van der Waals surface area contributed by atoms with E-state index in [2.05, 4.69) is 29.3 Å². The molecule has 2 atom stereocenters. The summed E-state index contributed by atoms with van der Waals surface area (Å²) in [6.07, 6.45) is 9.61. The number of unbranched alkanes of at least 4 members (excludes halogenated alkanes) is 1. The fourth-order valence-electron chi connectivity index (χ4n) is 5.81. The van der Waals surface area contributed by atoms with Gasteiger partial charge in [-0.25, -0.2) is 14.6 Å². The molecule has 6 rings (SSSR count). The van der Waals surface area contributed by atoms with Gasteiger partial charge in [0.15, 0.2) is 22.9 Å². The van der Waals surface area contributed by atoms with Gasteiger partial charge in [0, 0.05) is 24.1 Å². The Morgan fingerprint density at radius 1 is 1.15 bits per heavy atom. The summed E-state index contributed by atoms with van der Waals surface area (Å²) in [6.45, 7) is 7.94. The van der Waals surface area contributed by atoms with Crippen molar-refractivity contribution in [2.24, 2.45) is 0 Å². The van der Waals surface area contributed by atoms with E-state index in [0.717, 1.165) is 86.9 Å². The minimum absolute atomic E-state index is 0.215. The highest BCUT2D eigenvalue weighted by Gasteiger charge is 2.35. The minimum Gasteiger partial charge on any atom is -0.479 e. The van der Waals surface area contributed by atoms with E-state index < -0.39 is 0 Å². The molecular formula is C29H43N7O3. The predicted octanol–water partition coefficient (Wildman–Crippen LogP) is 5.36. The Labute approximate surface area is 230 Å². The number of likely N-dealkylation sites (N-methyl/N-ethyl adjacent to an activating group) is 1. The van der Waals surface area contributed by atoms with Crippen LogP contribution in [0.2, 0.25) is 0 Å². The molecule has 1 aliphatic heterocycles. The molecule has 1 saturated heterocycles. The Bertz CT molecular complexity index is 1300. The normalized spacial score (nSPS) is 20.9. The Morgan fingerprint density at radius 3 is 2.67 bits per heavy atom.